The van der Waals surface area contributed by atoms with Gasteiger partial charge in [-0.15, -0.1) is 0 Å². The van der Waals surface area contributed by atoms with Crippen molar-refractivity contribution in [3.63, 3.8) is 0 Å². The highest BCUT2D eigenvalue weighted by atomic mass is 16.7. The molecule has 0 aromatic heterocycles. The summed E-state index contributed by atoms with van der Waals surface area (Å²) in [5.74, 6) is 0. The van der Waals surface area contributed by atoms with E-state index in [1.165, 1.54) is 6.47 Å². The lowest BCUT2D eigenvalue weighted by Crippen LogP contribution is -2.28. The molecule has 0 saturated carbocycles. The first kappa shape index (κ1) is 4.59. The first-order valence-electron chi connectivity index (χ1n) is 2.08. The molecule has 1 fully saturated rings. The Hall–Kier alpha value is -0.570. The summed E-state index contributed by atoms with van der Waals surface area (Å²) in [7, 11) is 0. The van der Waals surface area contributed by atoms with Crippen molar-refractivity contribution >= 4 is 6.47 Å². The second-order valence-electron chi connectivity index (χ2n) is 1.29. The molecule has 3 nitrogen and oxygen atoms in total. The highest BCUT2D eigenvalue weighted by molar-refractivity contribution is 5.38. The molecule has 39 valence electrons. The average molecular weight is 101 g/mol. The molecule has 0 aliphatic carbocycles. The largest absolute Gasteiger partial charge is 0.427 e. The molecule has 0 bridgehead atoms. The molecule has 1 aliphatic rings. The van der Waals surface area contributed by atoms with Crippen LogP contribution in [0.4, 0.5) is 0 Å². The predicted octanol–water partition coefficient (Wildman–Crippen LogP) is -0.183. The van der Waals surface area contributed by atoms with Crippen LogP contribution in [-0.4, -0.2) is 19.4 Å². The van der Waals surface area contributed by atoms with Crippen molar-refractivity contribution < 1.29 is 14.3 Å². The van der Waals surface area contributed by atoms with E-state index in [1.807, 2.05) is 0 Å². The van der Waals surface area contributed by atoms with Gasteiger partial charge in [0.05, 0.1) is 6.61 Å². The summed E-state index contributed by atoms with van der Waals surface area (Å²) in [6, 6.07) is 0. The van der Waals surface area contributed by atoms with Gasteiger partial charge in [0.15, 0.2) is 0 Å². The number of carbonyl (C=O) groups excluding carboxylic acids is 1. The monoisotopic (exact) mass is 101 g/mol. The molecular weight excluding hydrogens is 96.0 g/mol. The number of ether oxygens (including phenoxy) is 2. The Balaban J connectivity index is 2.03. The lowest BCUT2D eigenvalue weighted by atomic mass is 10.3. The third-order valence-corrected chi connectivity index (χ3v) is 0.837. The maximum absolute atomic E-state index is 9.38. The van der Waals surface area contributed by atoms with Crippen LogP contribution in [0.3, 0.4) is 0 Å². The third-order valence-electron chi connectivity index (χ3n) is 0.837. The highest BCUT2D eigenvalue weighted by Gasteiger charge is 2.18. The zero-order chi connectivity index (χ0) is 5.11. The highest BCUT2D eigenvalue weighted by Crippen LogP contribution is 2.09. The molecule has 1 aliphatic heterocycles. The second kappa shape index (κ2) is 1.93. The van der Waals surface area contributed by atoms with Crippen LogP contribution in [0, 0.1) is 0 Å². The topological polar surface area (TPSA) is 35.5 Å². The normalized spacial score (nSPS) is 28.3. The zero-order valence-corrected chi connectivity index (χ0v) is 3.72. The van der Waals surface area contributed by atoms with Crippen LogP contribution >= 0.6 is 0 Å². The molecular formula is C4H5O3. The van der Waals surface area contributed by atoms with Crippen LogP contribution in [-0.2, 0) is 14.3 Å². The van der Waals surface area contributed by atoms with Crippen LogP contribution in [0.1, 0.15) is 6.42 Å². The van der Waals surface area contributed by atoms with Crippen molar-refractivity contribution in [2.75, 3.05) is 6.61 Å². The maximum Gasteiger partial charge on any atom is 0.419 e. The first-order valence-corrected chi connectivity index (χ1v) is 2.08. The van der Waals surface area contributed by atoms with E-state index in [0.717, 1.165) is 6.42 Å². The lowest BCUT2D eigenvalue weighted by Gasteiger charge is -2.22. The van der Waals surface area contributed by atoms with Crippen molar-refractivity contribution in [2.24, 2.45) is 0 Å². The van der Waals surface area contributed by atoms with Gasteiger partial charge in [-0.25, -0.2) is 4.79 Å². The van der Waals surface area contributed by atoms with Gasteiger partial charge >= 0.3 is 6.47 Å². The van der Waals surface area contributed by atoms with Crippen molar-refractivity contribution in [1.82, 2.24) is 0 Å². The van der Waals surface area contributed by atoms with E-state index in [0.29, 0.717) is 6.61 Å². The molecule has 0 aromatic rings. The molecule has 3 heteroatoms. The van der Waals surface area contributed by atoms with Gasteiger partial charge in [-0.05, 0) is 0 Å². The minimum atomic E-state index is -0.294. The molecule has 7 heavy (non-hydrogen) atoms. The molecule has 1 radical (unpaired) electrons. The number of hydrogen-bond acceptors (Lipinski definition) is 3. The van der Waals surface area contributed by atoms with Crippen LogP contribution < -0.4 is 0 Å². The van der Waals surface area contributed by atoms with E-state index in [9.17, 15) is 4.79 Å². The number of hydrogen-bond donors (Lipinski definition) is 0. The van der Waals surface area contributed by atoms with Gasteiger partial charge in [-0.1, -0.05) is 0 Å². The molecule has 0 aromatic carbocycles. The molecule has 1 rings (SSSR count). The Morgan fingerprint density at radius 3 is 2.71 bits per heavy atom. The van der Waals surface area contributed by atoms with Crippen LogP contribution in [0.5, 0.6) is 0 Å². The smallest absolute Gasteiger partial charge is 0.419 e. The Labute approximate surface area is 41.2 Å². The second-order valence-corrected chi connectivity index (χ2v) is 1.29. The molecule has 0 amide bonds. The average Bonchev–Trinajstić information content (AvgIpc) is 1.55. The van der Waals surface area contributed by atoms with Crippen LogP contribution in [0.15, 0.2) is 0 Å². The third kappa shape index (κ3) is 0.899. The van der Waals surface area contributed by atoms with Gasteiger partial charge in [0.2, 0.25) is 6.29 Å². The lowest BCUT2D eigenvalue weighted by molar-refractivity contribution is -0.172. The number of rotatable bonds is 2. The summed E-state index contributed by atoms with van der Waals surface area (Å²) in [4.78, 5) is 9.38. The van der Waals surface area contributed by atoms with E-state index in [-0.39, 0.29) is 6.29 Å². The van der Waals surface area contributed by atoms with Crippen LogP contribution in [0.25, 0.3) is 0 Å². The van der Waals surface area contributed by atoms with Gasteiger partial charge in [0.25, 0.3) is 0 Å². The van der Waals surface area contributed by atoms with Crippen LogP contribution in [0.2, 0.25) is 0 Å². The fourth-order valence-corrected chi connectivity index (χ4v) is 0.361. The van der Waals surface area contributed by atoms with Gasteiger partial charge in [-0.2, -0.15) is 0 Å². The fourth-order valence-electron chi connectivity index (χ4n) is 0.361. The standard InChI is InChI=1S/C4H5O3/c5-3-7-4-1-2-6-4/h4H,1-2H2. The van der Waals surface area contributed by atoms with Crippen molar-refractivity contribution in [3.8, 4) is 0 Å². The summed E-state index contributed by atoms with van der Waals surface area (Å²) >= 11 is 0. The summed E-state index contributed by atoms with van der Waals surface area (Å²) in [6.45, 7) is 2.00. The minimum Gasteiger partial charge on any atom is -0.427 e. The van der Waals surface area contributed by atoms with E-state index in [4.69, 9.17) is 0 Å². The Bertz CT molecular complexity index is 67.3. The summed E-state index contributed by atoms with van der Waals surface area (Å²) in [6.07, 6.45) is 0.521. The Kier molecular flexibility index (Phi) is 1.26. The van der Waals surface area contributed by atoms with Crippen molar-refractivity contribution in [2.45, 2.75) is 12.7 Å². The van der Waals surface area contributed by atoms with Crippen molar-refractivity contribution in [3.05, 3.63) is 0 Å². The summed E-state index contributed by atoms with van der Waals surface area (Å²) in [5.41, 5.74) is 0. The maximum atomic E-state index is 9.38. The quantitative estimate of drug-likeness (QED) is 0.484. The molecule has 0 N–H and O–H groups in total. The summed E-state index contributed by atoms with van der Waals surface area (Å²) < 4.78 is 8.94. The van der Waals surface area contributed by atoms with Gasteiger partial charge in [-0.3, -0.25) is 0 Å². The summed E-state index contributed by atoms with van der Waals surface area (Å²) in [5, 5.41) is 0. The Morgan fingerprint density at radius 1 is 1.86 bits per heavy atom. The zero-order valence-electron chi connectivity index (χ0n) is 3.72. The van der Waals surface area contributed by atoms with E-state index in [1.54, 1.807) is 0 Å². The molecule has 1 atom stereocenters. The van der Waals surface area contributed by atoms with Crippen molar-refractivity contribution in [1.29, 1.82) is 0 Å². The predicted molar refractivity (Wildman–Crippen MR) is 21.1 cm³/mol. The van der Waals surface area contributed by atoms with E-state index < -0.39 is 0 Å². The Morgan fingerprint density at radius 2 is 2.57 bits per heavy atom. The van der Waals surface area contributed by atoms with Gasteiger partial charge < -0.3 is 9.47 Å². The van der Waals surface area contributed by atoms with Gasteiger partial charge in [0.1, 0.15) is 0 Å². The van der Waals surface area contributed by atoms with Gasteiger partial charge in [0, 0.05) is 6.42 Å². The molecule has 0 spiro atoms. The first-order chi connectivity index (χ1) is 3.43. The molecule has 1 heterocycles. The SMILES string of the molecule is O=[C]OC1CCO1. The molecule has 1 unspecified atom stereocenters. The van der Waals surface area contributed by atoms with E-state index in [2.05, 4.69) is 9.47 Å². The fraction of sp³-hybridized carbons (Fsp3) is 0.750. The minimum absolute atomic E-state index is 0.294. The molecule has 1 saturated heterocycles. The van der Waals surface area contributed by atoms with E-state index >= 15 is 0 Å².